The van der Waals surface area contributed by atoms with Crippen LogP contribution in [0.4, 0.5) is 4.79 Å². The van der Waals surface area contributed by atoms with Gasteiger partial charge in [0, 0.05) is 24.7 Å². The maximum absolute atomic E-state index is 11.7. The molecule has 0 saturated carbocycles. The van der Waals surface area contributed by atoms with Crippen molar-refractivity contribution in [2.45, 2.75) is 13.0 Å². The fraction of sp³-hybridized carbons (Fsp3) is 0.500. The van der Waals surface area contributed by atoms with Gasteiger partial charge in [0.05, 0.1) is 6.61 Å². The molecule has 0 saturated heterocycles. The van der Waals surface area contributed by atoms with Crippen LogP contribution >= 0.6 is 11.3 Å². The van der Waals surface area contributed by atoms with Crippen LogP contribution in [-0.2, 0) is 4.74 Å². The number of carbonyl (C=O) groups is 1. The Balaban J connectivity index is 2.23. The lowest BCUT2D eigenvalue weighted by atomic mass is 10.2. The van der Waals surface area contributed by atoms with E-state index in [9.17, 15) is 4.79 Å². The van der Waals surface area contributed by atoms with Crippen molar-refractivity contribution in [3.8, 4) is 0 Å². The number of ether oxygens (including phenoxy) is 1. The van der Waals surface area contributed by atoms with E-state index in [2.05, 4.69) is 9.98 Å². The van der Waals surface area contributed by atoms with Gasteiger partial charge in [0.2, 0.25) is 0 Å². The molecule has 17 heavy (non-hydrogen) atoms. The smallest absolute Gasteiger partial charge is 0.346 e. The highest BCUT2D eigenvalue weighted by atomic mass is 32.1. The van der Waals surface area contributed by atoms with Gasteiger partial charge in [-0.25, -0.2) is 9.78 Å². The van der Waals surface area contributed by atoms with Gasteiger partial charge < -0.3 is 15.4 Å². The third kappa shape index (κ3) is 2.29. The molecule has 2 amide bonds. The maximum Gasteiger partial charge on any atom is 0.346 e. The van der Waals surface area contributed by atoms with Gasteiger partial charge in [-0.1, -0.05) is 0 Å². The van der Waals surface area contributed by atoms with Crippen LogP contribution in [0.15, 0.2) is 10.4 Å². The minimum atomic E-state index is -0.337. The first-order chi connectivity index (χ1) is 8.13. The summed E-state index contributed by atoms with van der Waals surface area (Å²) in [6.07, 6.45) is 0. The van der Waals surface area contributed by atoms with E-state index in [-0.39, 0.29) is 12.1 Å². The Bertz CT molecular complexity index is 457. The van der Waals surface area contributed by atoms with E-state index in [1.165, 1.54) is 11.3 Å². The number of hydrogen-bond donors (Lipinski definition) is 1. The van der Waals surface area contributed by atoms with E-state index in [1.54, 1.807) is 12.0 Å². The molecule has 0 fully saturated rings. The molecule has 0 aromatic carbocycles. The summed E-state index contributed by atoms with van der Waals surface area (Å²) in [4.78, 5) is 21.4. The van der Waals surface area contributed by atoms with Gasteiger partial charge in [0.25, 0.3) is 0 Å². The number of aromatic nitrogens is 1. The summed E-state index contributed by atoms with van der Waals surface area (Å²) in [5.74, 6) is 0.306. The maximum atomic E-state index is 11.7. The first kappa shape index (κ1) is 12.0. The molecule has 2 N–H and O–H groups in total. The Labute approximate surface area is 103 Å². The van der Waals surface area contributed by atoms with Crippen LogP contribution in [0.1, 0.15) is 16.7 Å². The molecule has 6 nitrogen and oxygen atoms in total. The molecule has 1 aliphatic heterocycles. The molecule has 1 atom stereocenters. The molecule has 2 heterocycles. The first-order valence-electron chi connectivity index (χ1n) is 5.19. The van der Waals surface area contributed by atoms with Gasteiger partial charge in [-0.15, -0.1) is 11.3 Å². The number of thiazole rings is 1. The van der Waals surface area contributed by atoms with Crippen molar-refractivity contribution in [3.63, 3.8) is 0 Å². The zero-order valence-electron chi connectivity index (χ0n) is 9.71. The zero-order valence-corrected chi connectivity index (χ0v) is 10.5. The summed E-state index contributed by atoms with van der Waals surface area (Å²) in [5, 5.41) is 2.73. The molecule has 0 bridgehead atoms. The van der Waals surface area contributed by atoms with Crippen molar-refractivity contribution in [2.75, 3.05) is 20.3 Å². The molecule has 2 rings (SSSR count). The zero-order chi connectivity index (χ0) is 12.4. The van der Waals surface area contributed by atoms with E-state index in [4.69, 9.17) is 10.5 Å². The van der Waals surface area contributed by atoms with Crippen molar-refractivity contribution < 1.29 is 9.53 Å². The number of methoxy groups -OCH3 is 1. The molecule has 0 radical (unpaired) electrons. The number of amides is 2. The fourth-order valence-corrected chi connectivity index (χ4v) is 2.60. The van der Waals surface area contributed by atoms with Crippen LogP contribution in [0.25, 0.3) is 0 Å². The number of aryl methyl sites for hydroxylation is 1. The second kappa shape index (κ2) is 4.80. The number of rotatable bonds is 4. The second-order valence-corrected chi connectivity index (χ2v) is 4.62. The quantitative estimate of drug-likeness (QED) is 0.866. The number of amidine groups is 1. The van der Waals surface area contributed by atoms with E-state index < -0.39 is 0 Å². The minimum absolute atomic E-state index is 0.306. The highest BCUT2D eigenvalue weighted by molar-refractivity contribution is 7.09. The largest absolute Gasteiger partial charge is 0.385 e. The van der Waals surface area contributed by atoms with Gasteiger partial charge in [-0.2, -0.15) is 4.99 Å². The Morgan fingerprint density at radius 1 is 1.65 bits per heavy atom. The summed E-state index contributed by atoms with van der Waals surface area (Å²) < 4.78 is 4.97. The van der Waals surface area contributed by atoms with Crippen molar-refractivity contribution in [1.29, 1.82) is 0 Å². The predicted molar refractivity (Wildman–Crippen MR) is 65.2 cm³/mol. The standard InChI is InChI=1S/C10H14N4O2S/c1-6-5-17-9(12-6)7-8(11)13-10(15)14(7)3-4-16-2/h5,7H,3-4H2,1-2H3,(H2,11,13,15). The fourth-order valence-electron chi connectivity index (χ4n) is 1.68. The molecular formula is C10H14N4O2S. The number of nitrogens with two attached hydrogens (primary N) is 1. The summed E-state index contributed by atoms with van der Waals surface area (Å²) in [7, 11) is 1.59. The normalized spacial score (nSPS) is 19.9. The molecular weight excluding hydrogens is 240 g/mol. The van der Waals surface area contributed by atoms with Crippen molar-refractivity contribution in [2.24, 2.45) is 10.7 Å². The summed E-state index contributed by atoms with van der Waals surface area (Å²) in [5.41, 5.74) is 6.71. The lowest BCUT2D eigenvalue weighted by Gasteiger charge is -2.21. The van der Waals surface area contributed by atoms with Crippen LogP contribution in [0.2, 0.25) is 0 Å². The van der Waals surface area contributed by atoms with Gasteiger partial charge in [-0.3, -0.25) is 0 Å². The lowest BCUT2D eigenvalue weighted by Crippen LogP contribution is -2.35. The van der Waals surface area contributed by atoms with Crippen LogP contribution < -0.4 is 5.73 Å². The molecule has 92 valence electrons. The first-order valence-corrected chi connectivity index (χ1v) is 6.07. The number of aliphatic imine (C=N–C) groups is 1. The number of nitrogens with zero attached hydrogens (tertiary/aromatic N) is 3. The number of hydrogen-bond acceptors (Lipinski definition) is 5. The number of urea groups is 1. The van der Waals surface area contributed by atoms with Crippen LogP contribution in [0, 0.1) is 6.92 Å². The molecule has 0 aliphatic carbocycles. The molecule has 1 aromatic heterocycles. The summed E-state index contributed by atoms with van der Waals surface area (Å²) in [6, 6.07) is -0.659. The van der Waals surface area contributed by atoms with Crippen LogP contribution in [0.5, 0.6) is 0 Å². The monoisotopic (exact) mass is 254 g/mol. The van der Waals surface area contributed by atoms with Crippen LogP contribution in [-0.4, -0.2) is 42.0 Å². The average Bonchev–Trinajstić information content (AvgIpc) is 2.80. The van der Waals surface area contributed by atoms with Crippen molar-refractivity contribution in [1.82, 2.24) is 9.88 Å². The third-order valence-corrected chi connectivity index (χ3v) is 3.48. The molecule has 1 aliphatic rings. The van der Waals surface area contributed by atoms with E-state index >= 15 is 0 Å². The van der Waals surface area contributed by atoms with Gasteiger partial charge in [-0.05, 0) is 6.92 Å². The number of carbonyl (C=O) groups excluding carboxylic acids is 1. The van der Waals surface area contributed by atoms with Gasteiger partial charge in [0.15, 0.2) is 0 Å². The SMILES string of the molecule is COCCN1C(=O)N=C(N)C1c1nc(C)cs1. The third-order valence-electron chi connectivity index (χ3n) is 2.47. The highest BCUT2D eigenvalue weighted by Gasteiger charge is 2.36. The Morgan fingerprint density at radius 2 is 2.41 bits per heavy atom. The Morgan fingerprint density at radius 3 is 3.00 bits per heavy atom. The van der Waals surface area contributed by atoms with E-state index in [0.29, 0.717) is 19.0 Å². The molecule has 1 unspecified atom stereocenters. The summed E-state index contributed by atoms with van der Waals surface area (Å²) in [6.45, 7) is 2.82. The lowest BCUT2D eigenvalue weighted by molar-refractivity contribution is 0.150. The van der Waals surface area contributed by atoms with Crippen molar-refractivity contribution >= 4 is 23.2 Å². The second-order valence-electron chi connectivity index (χ2n) is 3.74. The van der Waals surface area contributed by atoms with E-state index in [0.717, 1.165) is 10.7 Å². The molecule has 7 heteroatoms. The van der Waals surface area contributed by atoms with Crippen LogP contribution in [0.3, 0.4) is 0 Å². The topological polar surface area (TPSA) is 80.8 Å². The van der Waals surface area contributed by atoms with E-state index in [1.807, 2.05) is 12.3 Å². The molecule has 1 aromatic rings. The Kier molecular flexibility index (Phi) is 3.39. The Hall–Kier alpha value is -1.47. The minimum Gasteiger partial charge on any atom is -0.385 e. The summed E-state index contributed by atoms with van der Waals surface area (Å²) >= 11 is 1.48. The molecule has 0 spiro atoms. The predicted octanol–water partition coefficient (Wildman–Crippen LogP) is 0.932. The van der Waals surface area contributed by atoms with Gasteiger partial charge in [0.1, 0.15) is 16.9 Å². The average molecular weight is 254 g/mol. The van der Waals surface area contributed by atoms with Crippen molar-refractivity contribution in [3.05, 3.63) is 16.1 Å². The highest BCUT2D eigenvalue weighted by Crippen LogP contribution is 2.28. The van der Waals surface area contributed by atoms with Gasteiger partial charge >= 0.3 is 6.03 Å².